The first kappa shape index (κ1) is 22.0. The van der Waals surface area contributed by atoms with Gasteiger partial charge < -0.3 is 5.32 Å². The molecule has 1 heterocycles. The fourth-order valence-corrected chi connectivity index (χ4v) is 5.66. The summed E-state index contributed by atoms with van der Waals surface area (Å²) in [6.45, 7) is 1.67. The number of imide groups is 1. The molecule has 2 bridgehead atoms. The van der Waals surface area contributed by atoms with E-state index in [0.717, 1.165) is 18.4 Å². The van der Waals surface area contributed by atoms with Gasteiger partial charge in [-0.2, -0.15) is 0 Å². The summed E-state index contributed by atoms with van der Waals surface area (Å²) in [5.41, 5.74) is 1.69. The van der Waals surface area contributed by atoms with Gasteiger partial charge in [0.05, 0.1) is 16.8 Å². The molecule has 0 spiro atoms. The minimum Gasteiger partial charge on any atom is -0.324 e. The van der Waals surface area contributed by atoms with Crippen molar-refractivity contribution < 1.29 is 19.3 Å². The predicted molar refractivity (Wildman–Crippen MR) is 125 cm³/mol. The molecule has 5 atom stereocenters. The summed E-state index contributed by atoms with van der Waals surface area (Å²) < 4.78 is 0. The monoisotopic (exact) mass is 459 g/mol. The average Bonchev–Trinajstić information content (AvgIpc) is 3.12. The minimum absolute atomic E-state index is 0.0359. The predicted octanol–water partition coefficient (Wildman–Crippen LogP) is 3.65. The Labute approximate surface area is 196 Å². The van der Waals surface area contributed by atoms with Crippen LogP contribution in [0.25, 0.3) is 0 Å². The van der Waals surface area contributed by atoms with Crippen LogP contribution in [0.1, 0.15) is 24.0 Å². The fourth-order valence-electron chi connectivity index (χ4n) is 5.66. The van der Waals surface area contributed by atoms with Crippen molar-refractivity contribution in [2.45, 2.75) is 32.2 Å². The average molecular weight is 460 g/mol. The van der Waals surface area contributed by atoms with Gasteiger partial charge in [0, 0.05) is 24.2 Å². The van der Waals surface area contributed by atoms with Crippen LogP contribution >= 0.6 is 0 Å². The normalized spacial score (nSPS) is 25.9. The Hall–Kier alpha value is -3.81. The van der Waals surface area contributed by atoms with Crippen LogP contribution in [0.2, 0.25) is 0 Å². The van der Waals surface area contributed by atoms with Crippen LogP contribution in [0.5, 0.6) is 0 Å². The van der Waals surface area contributed by atoms with Crippen molar-refractivity contribution in [1.82, 2.24) is 4.90 Å². The Morgan fingerprint density at radius 3 is 2.21 bits per heavy atom. The number of amides is 3. The summed E-state index contributed by atoms with van der Waals surface area (Å²) in [4.78, 5) is 52.4. The zero-order valence-electron chi connectivity index (χ0n) is 18.7. The number of allylic oxidation sites excluding steroid dienone is 2. The molecule has 2 fully saturated rings. The van der Waals surface area contributed by atoms with Gasteiger partial charge in [-0.15, -0.1) is 0 Å². The molecule has 4 aliphatic rings. The minimum atomic E-state index is -1.01. The van der Waals surface area contributed by atoms with Crippen LogP contribution in [0, 0.1) is 40.7 Å². The Morgan fingerprint density at radius 1 is 1.06 bits per heavy atom. The third-order valence-electron chi connectivity index (χ3n) is 7.36. The first-order chi connectivity index (χ1) is 16.3. The summed E-state index contributed by atoms with van der Waals surface area (Å²) in [6.07, 6.45) is 6.06. The Kier molecular flexibility index (Phi) is 5.51. The Balaban J connectivity index is 1.47. The number of anilines is 1. The summed E-state index contributed by atoms with van der Waals surface area (Å²) in [7, 11) is 0. The van der Waals surface area contributed by atoms with Gasteiger partial charge >= 0.3 is 0 Å². The molecule has 3 aliphatic carbocycles. The number of aryl methyl sites for hydroxylation is 1. The van der Waals surface area contributed by atoms with Crippen LogP contribution in [0.3, 0.4) is 0 Å². The molecule has 3 amide bonds. The number of fused-ring (bicyclic) bond motifs is 1. The van der Waals surface area contributed by atoms with Gasteiger partial charge in [-0.3, -0.25) is 29.4 Å². The van der Waals surface area contributed by atoms with E-state index in [9.17, 15) is 24.5 Å². The molecule has 2 aromatic rings. The van der Waals surface area contributed by atoms with E-state index in [0.29, 0.717) is 11.3 Å². The highest BCUT2D eigenvalue weighted by atomic mass is 16.6. The van der Waals surface area contributed by atoms with Crippen molar-refractivity contribution >= 4 is 29.1 Å². The number of nitrogens with one attached hydrogen (secondary N) is 1. The molecular formula is C26H25N3O5. The van der Waals surface area contributed by atoms with Gasteiger partial charge in [-0.1, -0.05) is 42.5 Å². The van der Waals surface area contributed by atoms with Crippen molar-refractivity contribution in [3.8, 4) is 0 Å². The van der Waals surface area contributed by atoms with Crippen molar-refractivity contribution in [1.29, 1.82) is 0 Å². The molecule has 8 heteroatoms. The first-order valence-electron chi connectivity index (χ1n) is 11.5. The van der Waals surface area contributed by atoms with Crippen LogP contribution in [0.4, 0.5) is 11.4 Å². The maximum atomic E-state index is 13.5. The van der Waals surface area contributed by atoms with Gasteiger partial charge in [0.25, 0.3) is 5.69 Å². The largest absolute Gasteiger partial charge is 0.324 e. The zero-order chi connectivity index (χ0) is 24.0. The highest BCUT2D eigenvalue weighted by molar-refractivity contribution is 6.10. The lowest BCUT2D eigenvalue weighted by molar-refractivity contribution is -0.384. The maximum Gasteiger partial charge on any atom is 0.269 e. The summed E-state index contributed by atoms with van der Waals surface area (Å²) in [6, 6.07) is 12.4. The second-order valence-corrected chi connectivity index (χ2v) is 9.34. The highest BCUT2D eigenvalue weighted by Gasteiger charge is 2.58. The lowest BCUT2D eigenvalue weighted by Crippen LogP contribution is -2.49. The van der Waals surface area contributed by atoms with E-state index in [1.54, 1.807) is 6.92 Å². The van der Waals surface area contributed by atoms with Crippen molar-refractivity contribution in [2.24, 2.45) is 23.7 Å². The molecule has 1 aliphatic heterocycles. The number of nitro groups is 1. The van der Waals surface area contributed by atoms with E-state index in [2.05, 4.69) is 17.5 Å². The molecule has 1 saturated heterocycles. The third kappa shape index (κ3) is 3.69. The maximum absolute atomic E-state index is 13.5. The molecule has 0 radical (unpaired) electrons. The number of likely N-dealkylation sites (tertiary alicyclic amines) is 1. The number of carbonyl (C=O) groups excluding carboxylic acids is 3. The van der Waals surface area contributed by atoms with Crippen LogP contribution < -0.4 is 5.32 Å². The number of carbonyl (C=O) groups is 3. The quantitative estimate of drug-likeness (QED) is 0.307. The number of nitro benzene ring substituents is 1. The standard InChI is InChI=1S/C26H25N3O5/c1-15-13-19(29(33)34)11-12-20(15)27-24(30)21(14-16-5-3-2-4-6-16)28-25(31)22-17-7-8-18(10-9-17)23(22)26(28)32/h2-8,11-13,17-18,21-23H,9-10,14H2,1H3,(H,27,30)/t17-,18-,21+,22-,23+/m0/s1. The molecule has 174 valence electrons. The van der Waals surface area contributed by atoms with Gasteiger partial charge in [0.1, 0.15) is 6.04 Å². The second-order valence-electron chi connectivity index (χ2n) is 9.34. The third-order valence-corrected chi connectivity index (χ3v) is 7.36. The van der Waals surface area contributed by atoms with Gasteiger partial charge in [0.2, 0.25) is 17.7 Å². The molecule has 1 saturated carbocycles. The number of hydrogen-bond donors (Lipinski definition) is 1. The number of benzene rings is 2. The second kappa shape index (κ2) is 8.52. The van der Waals surface area contributed by atoms with Crippen molar-refractivity contribution in [3.05, 3.63) is 81.9 Å². The van der Waals surface area contributed by atoms with Crippen LogP contribution in [-0.4, -0.2) is 33.6 Å². The molecule has 8 nitrogen and oxygen atoms in total. The van der Waals surface area contributed by atoms with Gasteiger partial charge in [0.15, 0.2) is 0 Å². The van der Waals surface area contributed by atoms with Gasteiger partial charge in [-0.05, 0) is 48.8 Å². The Bertz CT molecular complexity index is 1180. The van der Waals surface area contributed by atoms with Crippen molar-refractivity contribution in [3.63, 3.8) is 0 Å². The summed E-state index contributed by atoms with van der Waals surface area (Å²) >= 11 is 0. The molecule has 2 aromatic carbocycles. The number of nitrogens with zero attached hydrogens (tertiary/aromatic N) is 2. The Morgan fingerprint density at radius 2 is 1.68 bits per heavy atom. The molecule has 6 rings (SSSR count). The number of non-ortho nitro benzene ring substituents is 1. The zero-order valence-corrected chi connectivity index (χ0v) is 18.7. The lowest BCUT2D eigenvalue weighted by atomic mass is 9.63. The van der Waals surface area contributed by atoms with Crippen LogP contribution in [0.15, 0.2) is 60.7 Å². The van der Waals surface area contributed by atoms with E-state index >= 15 is 0 Å². The summed E-state index contributed by atoms with van der Waals surface area (Å²) in [5.74, 6) is -1.76. The summed E-state index contributed by atoms with van der Waals surface area (Å²) in [5, 5.41) is 13.9. The smallest absolute Gasteiger partial charge is 0.269 e. The molecule has 0 aromatic heterocycles. The fraction of sp³-hybridized carbons (Fsp3) is 0.346. The topological polar surface area (TPSA) is 110 Å². The SMILES string of the molecule is Cc1cc([N+](=O)[O-])ccc1NC(=O)[C@@H](Cc1ccccc1)N1C(=O)[C@@H]2[C@H](C1=O)[C@H]1C=C[C@H]2CC1. The van der Waals surface area contributed by atoms with Crippen LogP contribution in [-0.2, 0) is 20.8 Å². The number of hydrogen-bond acceptors (Lipinski definition) is 5. The van der Waals surface area contributed by atoms with E-state index < -0.39 is 28.7 Å². The van der Waals surface area contributed by atoms with Gasteiger partial charge in [-0.25, -0.2) is 0 Å². The molecule has 34 heavy (non-hydrogen) atoms. The first-order valence-corrected chi connectivity index (χ1v) is 11.5. The van der Waals surface area contributed by atoms with E-state index in [1.807, 2.05) is 30.3 Å². The number of rotatable bonds is 6. The van der Waals surface area contributed by atoms with E-state index in [-0.39, 0.29) is 35.8 Å². The lowest BCUT2D eigenvalue weighted by Gasteiger charge is -2.38. The molecule has 1 N–H and O–H groups in total. The van der Waals surface area contributed by atoms with Crippen molar-refractivity contribution in [2.75, 3.05) is 5.32 Å². The van der Waals surface area contributed by atoms with E-state index in [4.69, 9.17) is 0 Å². The highest BCUT2D eigenvalue weighted by Crippen LogP contribution is 2.50. The van der Waals surface area contributed by atoms with E-state index in [1.165, 1.54) is 23.1 Å². The molecule has 0 unspecified atom stereocenters. The molecular weight excluding hydrogens is 434 g/mol.